The number of anilines is 1. The molecule has 0 aliphatic carbocycles. The summed E-state index contributed by atoms with van der Waals surface area (Å²) in [5.41, 5.74) is 4.97. The summed E-state index contributed by atoms with van der Waals surface area (Å²) in [4.78, 5) is 31.9. The van der Waals surface area contributed by atoms with Gasteiger partial charge in [-0.25, -0.2) is 0 Å². The van der Waals surface area contributed by atoms with Crippen molar-refractivity contribution in [3.8, 4) is 0 Å². The zero-order valence-corrected chi connectivity index (χ0v) is 16.8. The lowest BCUT2D eigenvalue weighted by atomic mass is 10.0. The number of nitrogens with one attached hydrogen (secondary N) is 1. The minimum Gasteiger partial charge on any atom is -0.378 e. The molecule has 0 fully saturated rings. The van der Waals surface area contributed by atoms with Crippen molar-refractivity contribution in [2.75, 3.05) is 26.0 Å². The number of aromatic amines is 1. The molecule has 26 heavy (non-hydrogen) atoms. The lowest BCUT2D eigenvalue weighted by Gasteiger charge is -2.24. The van der Waals surface area contributed by atoms with E-state index in [-0.39, 0.29) is 17.6 Å². The highest BCUT2D eigenvalue weighted by Crippen LogP contribution is 2.21. The van der Waals surface area contributed by atoms with Gasteiger partial charge >= 0.3 is 0 Å². The average Bonchev–Trinajstić information content (AvgIpc) is 2.88. The number of aromatic nitrogens is 1. The second kappa shape index (κ2) is 7.87. The van der Waals surface area contributed by atoms with Gasteiger partial charge in [0.1, 0.15) is 0 Å². The Bertz CT molecular complexity index is 803. The number of benzene rings is 1. The van der Waals surface area contributed by atoms with Crippen LogP contribution in [0.5, 0.6) is 0 Å². The van der Waals surface area contributed by atoms with Crippen LogP contribution in [0.15, 0.2) is 24.3 Å². The van der Waals surface area contributed by atoms with Crippen LogP contribution in [0, 0.1) is 13.8 Å². The fraction of sp³-hybridized carbons (Fsp3) is 0.429. The molecule has 0 radical (unpaired) electrons. The number of ketones is 2. The Morgan fingerprint density at radius 2 is 1.65 bits per heavy atom. The summed E-state index contributed by atoms with van der Waals surface area (Å²) < 4.78 is 0. The molecule has 1 N–H and O–H groups in total. The van der Waals surface area contributed by atoms with Crippen LogP contribution in [0.2, 0.25) is 0 Å². The fourth-order valence-corrected chi connectivity index (χ4v) is 3.26. The maximum Gasteiger partial charge on any atom is 0.196 e. The smallest absolute Gasteiger partial charge is 0.196 e. The number of carbonyl (C=O) groups is 2. The van der Waals surface area contributed by atoms with Crippen LogP contribution in [0.1, 0.15) is 51.5 Å². The van der Waals surface area contributed by atoms with Crippen LogP contribution in [0.25, 0.3) is 0 Å². The van der Waals surface area contributed by atoms with Gasteiger partial charge in [0.25, 0.3) is 0 Å². The summed E-state index contributed by atoms with van der Waals surface area (Å²) in [5.74, 6) is -0.0113. The maximum absolute atomic E-state index is 12.9. The van der Waals surface area contributed by atoms with E-state index in [1.807, 2.05) is 46.8 Å². The molecule has 0 saturated carbocycles. The molecule has 1 aromatic carbocycles. The first-order valence-corrected chi connectivity index (χ1v) is 8.84. The van der Waals surface area contributed by atoms with Gasteiger partial charge in [-0.05, 0) is 58.0 Å². The van der Waals surface area contributed by atoms with E-state index in [2.05, 4.69) is 34.1 Å². The molecule has 5 nitrogen and oxygen atoms in total. The van der Waals surface area contributed by atoms with E-state index in [0.29, 0.717) is 17.8 Å². The van der Waals surface area contributed by atoms with Crippen LogP contribution < -0.4 is 4.90 Å². The van der Waals surface area contributed by atoms with Gasteiger partial charge in [-0.15, -0.1) is 0 Å². The molecule has 1 heterocycles. The molecule has 1 aromatic heterocycles. The van der Waals surface area contributed by atoms with Crippen molar-refractivity contribution in [3.63, 3.8) is 0 Å². The molecule has 2 rings (SSSR count). The quantitative estimate of drug-likeness (QED) is 0.771. The van der Waals surface area contributed by atoms with Crippen molar-refractivity contribution in [2.45, 2.75) is 40.3 Å². The fourth-order valence-electron chi connectivity index (χ4n) is 3.26. The number of hydrogen-bond acceptors (Lipinski definition) is 4. The molecule has 0 spiro atoms. The Morgan fingerprint density at radius 3 is 2.12 bits per heavy atom. The molecule has 0 unspecified atom stereocenters. The normalized spacial score (nSPS) is 12.3. The van der Waals surface area contributed by atoms with Crippen molar-refractivity contribution < 1.29 is 9.59 Å². The second-order valence-corrected chi connectivity index (χ2v) is 7.20. The summed E-state index contributed by atoms with van der Waals surface area (Å²) in [6.45, 7) is 7.78. The van der Waals surface area contributed by atoms with Gasteiger partial charge in [0.15, 0.2) is 11.6 Å². The highest BCUT2D eigenvalue weighted by atomic mass is 16.1. The zero-order valence-electron chi connectivity index (χ0n) is 16.8. The van der Waals surface area contributed by atoms with Gasteiger partial charge in [0.2, 0.25) is 0 Å². The highest BCUT2D eigenvalue weighted by Gasteiger charge is 2.25. The van der Waals surface area contributed by atoms with Gasteiger partial charge in [-0.2, -0.15) is 0 Å². The number of likely N-dealkylation sites (N-methyl/N-ethyl adjacent to an activating group) is 1. The van der Waals surface area contributed by atoms with Crippen LogP contribution in [0.3, 0.4) is 0 Å². The number of nitrogens with zero attached hydrogens (tertiary/aromatic N) is 2. The van der Waals surface area contributed by atoms with Gasteiger partial charge in [0.05, 0.1) is 11.7 Å². The number of hydrogen-bond donors (Lipinski definition) is 1. The van der Waals surface area contributed by atoms with E-state index in [0.717, 1.165) is 22.5 Å². The molecular weight excluding hydrogens is 326 g/mol. The topological polar surface area (TPSA) is 56.4 Å². The summed E-state index contributed by atoms with van der Waals surface area (Å²) in [5, 5.41) is 0. The van der Waals surface area contributed by atoms with Gasteiger partial charge in [-0.3, -0.25) is 14.5 Å². The van der Waals surface area contributed by atoms with E-state index in [1.165, 1.54) is 6.92 Å². The number of carbonyl (C=O) groups excluding carboxylic acids is 2. The third-order valence-electron chi connectivity index (χ3n) is 4.96. The number of Topliss-reactive ketones (excluding diaryl/α,β-unsaturated/α-hetero) is 2. The third kappa shape index (κ3) is 4.05. The summed E-state index contributed by atoms with van der Waals surface area (Å²) in [7, 11) is 5.97. The zero-order chi connectivity index (χ0) is 19.6. The van der Waals surface area contributed by atoms with Gasteiger partial charge in [-0.1, -0.05) is 12.1 Å². The standard InChI is InChI=1S/C21H29N3O2/c1-13-19(16(4)25)14(2)22-20(13)21(26)15(3)24(7)12-17-8-10-18(11-9-17)23(5)6/h8-11,15,22H,12H2,1-7H3/t15-/m0/s1. The molecule has 140 valence electrons. The van der Waals surface area contributed by atoms with Crippen molar-refractivity contribution in [1.82, 2.24) is 9.88 Å². The molecular formula is C21H29N3O2. The minimum absolute atomic E-state index is 0.00510. The largest absolute Gasteiger partial charge is 0.378 e. The summed E-state index contributed by atoms with van der Waals surface area (Å²) >= 11 is 0. The Hall–Kier alpha value is -2.40. The first-order chi connectivity index (χ1) is 12.1. The van der Waals surface area contributed by atoms with E-state index in [1.54, 1.807) is 0 Å². The van der Waals surface area contributed by atoms with Crippen LogP contribution in [0.4, 0.5) is 5.69 Å². The van der Waals surface area contributed by atoms with E-state index < -0.39 is 0 Å². The van der Waals surface area contributed by atoms with E-state index in [9.17, 15) is 9.59 Å². The average molecular weight is 355 g/mol. The predicted octanol–water partition coefficient (Wildman–Crippen LogP) is 3.60. The monoisotopic (exact) mass is 355 g/mol. The Balaban J connectivity index is 2.15. The highest BCUT2D eigenvalue weighted by molar-refractivity contribution is 6.05. The SMILES string of the molecule is CC(=O)c1c(C)[nH]c(C(=O)[C@H](C)N(C)Cc2ccc(N(C)C)cc2)c1C. The maximum atomic E-state index is 12.9. The van der Waals surface area contributed by atoms with E-state index in [4.69, 9.17) is 0 Å². The lowest BCUT2D eigenvalue weighted by molar-refractivity contribution is 0.0856. The molecule has 0 aliphatic rings. The van der Waals surface area contributed by atoms with Crippen molar-refractivity contribution in [1.29, 1.82) is 0 Å². The Kier molecular flexibility index (Phi) is 6.03. The number of rotatable bonds is 7. The second-order valence-electron chi connectivity index (χ2n) is 7.20. The van der Waals surface area contributed by atoms with E-state index >= 15 is 0 Å². The Morgan fingerprint density at radius 1 is 1.08 bits per heavy atom. The first-order valence-electron chi connectivity index (χ1n) is 8.84. The van der Waals surface area contributed by atoms with Crippen LogP contribution in [-0.2, 0) is 6.54 Å². The minimum atomic E-state index is -0.292. The molecule has 0 saturated heterocycles. The lowest BCUT2D eigenvalue weighted by Crippen LogP contribution is -2.36. The summed E-state index contributed by atoms with van der Waals surface area (Å²) in [6, 6.07) is 8.03. The third-order valence-corrected chi connectivity index (χ3v) is 4.96. The molecule has 5 heteroatoms. The van der Waals surface area contributed by atoms with Crippen molar-refractivity contribution in [3.05, 3.63) is 52.3 Å². The van der Waals surface area contributed by atoms with Crippen molar-refractivity contribution >= 4 is 17.3 Å². The number of aryl methyl sites for hydroxylation is 1. The Labute approximate surface area is 156 Å². The van der Waals surface area contributed by atoms with Crippen LogP contribution in [-0.4, -0.2) is 48.6 Å². The molecule has 0 aliphatic heterocycles. The van der Waals surface area contributed by atoms with Gasteiger partial charge in [0, 0.05) is 37.6 Å². The van der Waals surface area contributed by atoms with Gasteiger partial charge < -0.3 is 9.88 Å². The molecule has 0 bridgehead atoms. The molecule has 2 aromatic rings. The molecule has 1 atom stereocenters. The summed E-state index contributed by atoms with van der Waals surface area (Å²) in [6.07, 6.45) is 0. The first kappa shape index (κ1) is 19.9. The number of H-pyrrole nitrogens is 1. The van der Waals surface area contributed by atoms with Crippen molar-refractivity contribution in [2.24, 2.45) is 0 Å². The molecule has 0 amide bonds. The predicted molar refractivity (Wildman–Crippen MR) is 106 cm³/mol. The van der Waals surface area contributed by atoms with Crippen LogP contribution >= 0.6 is 0 Å².